The fourth-order valence-corrected chi connectivity index (χ4v) is 5.89. The zero-order valence-electron chi connectivity index (χ0n) is 18.8. The van der Waals surface area contributed by atoms with E-state index in [0.29, 0.717) is 0 Å². The molecule has 0 aromatic heterocycles. The van der Waals surface area contributed by atoms with E-state index in [1.54, 1.807) is 24.3 Å². The molecular weight excluding hydrogens is 488 g/mol. The summed E-state index contributed by atoms with van der Waals surface area (Å²) in [6, 6.07) is 12.1. The lowest BCUT2D eigenvalue weighted by atomic mass is 9.99. The molecule has 2 saturated heterocycles. The minimum Gasteiger partial charge on any atom is -0.353 e. The Kier molecular flexibility index (Phi) is 7.41. The molecule has 2 aromatic rings. The van der Waals surface area contributed by atoms with Crippen molar-refractivity contribution in [1.29, 1.82) is 0 Å². The van der Waals surface area contributed by atoms with Gasteiger partial charge in [0.15, 0.2) is 12.4 Å². The number of hydrogen-bond acceptors (Lipinski definition) is 10. The van der Waals surface area contributed by atoms with Gasteiger partial charge in [0.05, 0.1) is 16.4 Å². The van der Waals surface area contributed by atoms with Crippen LogP contribution in [-0.2, 0) is 47.5 Å². The van der Waals surface area contributed by atoms with Gasteiger partial charge in [-0.15, -0.1) is 0 Å². The SMILES string of the molecule is COC1OC2COCOC2C(OS(=O)(=O)c2ccc(C)cc2)C1OS(=O)(=O)c1ccc(C)cc1. The van der Waals surface area contributed by atoms with Gasteiger partial charge in [-0.05, 0) is 38.1 Å². The van der Waals surface area contributed by atoms with Crippen LogP contribution in [0.15, 0.2) is 58.3 Å². The minimum absolute atomic E-state index is 0.0758. The number of methoxy groups -OCH3 is 1. The molecule has 0 spiro atoms. The van der Waals surface area contributed by atoms with Crippen LogP contribution < -0.4 is 0 Å². The Hall–Kier alpha value is -1.90. The summed E-state index contributed by atoms with van der Waals surface area (Å²) in [5, 5.41) is 0. The molecule has 4 rings (SSSR count). The molecule has 0 N–H and O–H groups in total. The Balaban J connectivity index is 1.70. The second-order valence-electron chi connectivity index (χ2n) is 8.05. The summed E-state index contributed by atoms with van der Waals surface area (Å²) < 4.78 is 85.3. The van der Waals surface area contributed by atoms with Crippen molar-refractivity contribution in [2.24, 2.45) is 0 Å². The largest absolute Gasteiger partial charge is 0.353 e. The van der Waals surface area contributed by atoms with Crippen LogP contribution in [-0.4, -0.2) is 68.1 Å². The average Bonchev–Trinajstić information content (AvgIpc) is 2.80. The molecule has 0 bridgehead atoms. The lowest BCUT2D eigenvalue weighted by molar-refractivity contribution is -0.326. The Bertz CT molecular complexity index is 1190. The number of rotatable bonds is 7. The molecule has 186 valence electrons. The van der Waals surface area contributed by atoms with E-state index >= 15 is 0 Å². The lowest BCUT2D eigenvalue weighted by Crippen LogP contribution is -2.63. The summed E-state index contributed by atoms with van der Waals surface area (Å²) in [5.41, 5.74) is 1.72. The molecule has 0 saturated carbocycles. The maximum atomic E-state index is 13.1. The number of ether oxygens (including phenoxy) is 4. The maximum absolute atomic E-state index is 13.1. The number of aryl methyl sites for hydroxylation is 2. The van der Waals surface area contributed by atoms with Gasteiger partial charge < -0.3 is 18.9 Å². The van der Waals surface area contributed by atoms with Gasteiger partial charge in [0.25, 0.3) is 20.2 Å². The van der Waals surface area contributed by atoms with E-state index in [2.05, 4.69) is 0 Å². The quantitative estimate of drug-likeness (QED) is 0.506. The molecule has 0 aliphatic carbocycles. The van der Waals surface area contributed by atoms with E-state index in [1.807, 2.05) is 13.8 Å². The summed E-state index contributed by atoms with van der Waals surface area (Å²) >= 11 is 0. The van der Waals surface area contributed by atoms with Gasteiger partial charge in [-0.2, -0.15) is 16.8 Å². The minimum atomic E-state index is -4.34. The van der Waals surface area contributed by atoms with Crippen molar-refractivity contribution >= 4 is 20.2 Å². The average molecular weight is 515 g/mol. The smallest absolute Gasteiger partial charge is 0.297 e. The predicted molar refractivity (Wildman–Crippen MR) is 118 cm³/mol. The van der Waals surface area contributed by atoms with Crippen molar-refractivity contribution in [1.82, 2.24) is 0 Å². The third-order valence-electron chi connectivity index (χ3n) is 5.54. The van der Waals surface area contributed by atoms with E-state index < -0.39 is 50.9 Å². The summed E-state index contributed by atoms with van der Waals surface area (Å²) in [6.07, 6.45) is -5.92. The molecule has 0 amide bonds. The van der Waals surface area contributed by atoms with Crippen molar-refractivity contribution in [2.75, 3.05) is 20.5 Å². The highest BCUT2D eigenvalue weighted by Gasteiger charge is 2.53. The molecule has 2 fully saturated rings. The molecule has 2 aromatic carbocycles. The van der Waals surface area contributed by atoms with Crippen molar-refractivity contribution in [3.05, 3.63) is 59.7 Å². The molecule has 10 nitrogen and oxygen atoms in total. The zero-order chi connectivity index (χ0) is 24.5. The molecule has 12 heteroatoms. The maximum Gasteiger partial charge on any atom is 0.297 e. The summed E-state index contributed by atoms with van der Waals surface area (Å²) in [7, 11) is -7.37. The summed E-state index contributed by atoms with van der Waals surface area (Å²) in [4.78, 5) is -0.203. The Morgan fingerprint density at radius 1 is 0.794 bits per heavy atom. The topological polar surface area (TPSA) is 124 Å². The van der Waals surface area contributed by atoms with E-state index in [-0.39, 0.29) is 23.2 Å². The normalized spacial score (nSPS) is 27.8. The van der Waals surface area contributed by atoms with Crippen LogP contribution in [0.1, 0.15) is 11.1 Å². The Morgan fingerprint density at radius 3 is 1.79 bits per heavy atom. The van der Waals surface area contributed by atoms with Crippen molar-refractivity contribution in [3.8, 4) is 0 Å². The first-order chi connectivity index (χ1) is 16.1. The van der Waals surface area contributed by atoms with E-state index in [4.69, 9.17) is 27.3 Å². The first-order valence-electron chi connectivity index (χ1n) is 10.5. The van der Waals surface area contributed by atoms with Crippen LogP contribution >= 0.6 is 0 Å². The van der Waals surface area contributed by atoms with Crippen molar-refractivity contribution < 1.29 is 44.1 Å². The van der Waals surface area contributed by atoms with Gasteiger partial charge in [-0.25, -0.2) is 0 Å². The van der Waals surface area contributed by atoms with Crippen LogP contribution in [0.2, 0.25) is 0 Å². The number of fused-ring (bicyclic) bond motifs is 1. The van der Waals surface area contributed by atoms with Crippen LogP contribution in [0.3, 0.4) is 0 Å². The number of benzene rings is 2. The second kappa shape index (κ2) is 9.99. The van der Waals surface area contributed by atoms with E-state index in [0.717, 1.165) is 11.1 Å². The third kappa shape index (κ3) is 5.34. The lowest BCUT2D eigenvalue weighted by Gasteiger charge is -2.45. The molecule has 0 radical (unpaired) electrons. The van der Waals surface area contributed by atoms with E-state index in [9.17, 15) is 16.8 Å². The zero-order valence-corrected chi connectivity index (χ0v) is 20.5. The second-order valence-corrected chi connectivity index (χ2v) is 11.2. The summed E-state index contributed by atoms with van der Waals surface area (Å²) in [6.45, 7) is 3.56. The van der Waals surface area contributed by atoms with Crippen LogP contribution in [0.25, 0.3) is 0 Å². The highest BCUT2D eigenvalue weighted by Crippen LogP contribution is 2.34. The van der Waals surface area contributed by atoms with Gasteiger partial charge in [-0.3, -0.25) is 8.37 Å². The summed E-state index contributed by atoms with van der Waals surface area (Å²) in [5.74, 6) is 0. The van der Waals surface area contributed by atoms with Gasteiger partial charge in [-0.1, -0.05) is 35.4 Å². The van der Waals surface area contributed by atoms with Crippen LogP contribution in [0.4, 0.5) is 0 Å². The van der Waals surface area contributed by atoms with Crippen LogP contribution in [0.5, 0.6) is 0 Å². The standard InChI is InChI=1S/C22H26O10S2/c1-14-4-8-16(9-5-14)33(23,24)31-20-19-18(12-28-13-29-19)30-22(27-3)21(20)32-34(25,26)17-10-6-15(2)7-11-17/h4-11,18-22H,12-13H2,1-3H3. The molecule has 5 unspecified atom stereocenters. The first kappa shape index (κ1) is 25.2. The Morgan fingerprint density at radius 2 is 1.29 bits per heavy atom. The number of hydrogen-bond donors (Lipinski definition) is 0. The molecule has 2 aliphatic rings. The third-order valence-corrected chi connectivity index (χ3v) is 8.19. The predicted octanol–water partition coefficient (Wildman–Crippen LogP) is 1.90. The highest BCUT2D eigenvalue weighted by molar-refractivity contribution is 7.87. The molecule has 2 aliphatic heterocycles. The van der Waals surface area contributed by atoms with Gasteiger partial charge in [0.2, 0.25) is 0 Å². The fourth-order valence-electron chi connectivity index (χ4n) is 3.72. The van der Waals surface area contributed by atoms with E-state index in [1.165, 1.54) is 31.4 Å². The molecular formula is C22H26O10S2. The Labute approximate surface area is 198 Å². The highest BCUT2D eigenvalue weighted by atomic mass is 32.2. The monoisotopic (exact) mass is 514 g/mol. The first-order valence-corrected chi connectivity index (χ1v) is 13.3. The van der Waals surface area contributed by atoms with Crippen LogP contribution in [0, 0.1) is 13.8 Å². The molecule has 2 heterocycles. The van der Waals surface area contributed by atoms with Crippen molar-refractivity contribution in [3.63, 3.8) is 0 Å². The van der Waals surface area contributed by atoms with Gasteiger partial charge in [0.1, 0.15) is 25.1 Å². The van der Waals surface area contributed by atoms with Gasteiger partial charge in [0, 0.05) is 7.11 Å². The molecule has 34 heavy (non-hydrogen) atoms. The molecule has 5 atom stereocenters. The van der Waals surface area contributed by atoms with Crippen molar-refractivity contribution in [2.45, 2.75) is 54.3 Å². The fraction of sp³-hybridized carbons (Fsp3) is 0.455. The van der Waals surface area contributed by atoms with Gasteiger partial charge >= 0.3 is 0 Å².